The van der Waals surface area contributed by atoms with Crippen LogP contribution in [0.1, 0.15) is 28.9 Å². The van der Waals surface area contributed by atoms with E-state index in [0.29, 0.717) is 30.0 Å². The van der Waals surface area contributed by atoms with Crippen LogP contribution in [0, 0.1) is 12.8 Å². The number of pyridine rings is 1. The number of hydrogen-bond donors (Lipinski definition) is 2. The number of rotatable bonds is 2. The van der Waals surface area contributed by atoms with Gasteiger partial charge in [0.15, 0.2) is 0 Å². The Morgan fingerprint density at radius 2 is 2.19 bits per heavy atom. The number of aromatic nitrogens is 1. The molecule has 1 aliphatic heterocycles. The molecule has 5 nitrogen and oxygen atoms in total. The highest BCUT2D eigenvalue weighted by Crippen LogP contribution is 2.33. The maximum Gasteiger partial charge on any atom is 0.393 e. The summed E-state index contributed by atoms with van der Waals surface area (Å²) in [5.41, 5.74) is 3.19. The van der Waals surface area contributed by atoms with Crippen molar-refractivity contribution in [2.75, 3.05) is 18.5 Å². The van der Waals surface area contributed by atoms with Crippen LogP contribution in [-0.2, 0) is 0 Å². The SMILES string of the molecule is Cc1cc(C(=O)N2CCCC(C(F)(F)F)C2)cc(NN)n1. The zero-order chi connectivity index (χ0) is 15.6. The van der Waals surface area contributed by atoms with Crippen LogP contribution >= 0.6 is 0 Å². The number of halogens is 3. The number of likely N-dealkylation sites (tertiary alicyclic amines) is 1. The largest absolute Gasteiger partial charge is 0.393 e. The summed E-state index contributed by atoms with van der Waals surface area (Å²) in [5, 5.41) is 0. The van der Waals surface area contributed by atoms with Crippen LogP contribution < -0.4 is 11.3 Å². The van der Waals surface area contributed by atoms with Crippen molar-refractivity contribution in [3.05, 3.63) is 23.4 Å². The molecule has 1 fully saturated rings. The smallest absolute Gasteiger partial charge is 0.338 e. The standard InChI is InChI=1S/C13H17F3N4O/c1-8-5-9(6-11(18-8)19-17)12(21)20-4-2-3-10(7-20)13(14,15)16/h5-6,10H,2-4,7,17H2,1H3,(H,18,19). The molecule has 3 N–H and O–H groups in total. The van der Waals surface area contributed by atoms with Gasteiger partial charge in [-0.15, -0.1) is 0 Å². The molecule has 0 saturated carbocycles. The first-order valence-electron chi connectivity index (χ1n) is 6.62. The van der Waals surface area contributed by atoms with E-state index in [1.165, 1.54) is 11.0 Å². The van der Waals surface area contributed by atoms with E-state index >= 15 is 0 Å². The van der Waals surface area contributed by atoms with Crippen molar-refractivity contribution in [1.29, 1.82) is 0 Å². The van der Waals surface area contributed by atoms with Crippen LogP contribution in [-0.4, -0.2) is 35.1 Å². The van der Waals surface area contributed by atoms with Gasteiger partial charge in [0.25, 0.3) is 5.91 Å². The highest BCUT2D eigenvalue weighted by Gasteiger charge is 2.42. The van der Waals surface area contributed by atoms with Crippen LogP contribution in [0.3, 0.4) is 0 Å². The highest BCUT2D eigenvalue weighted by atomic mass is 19.4. The third kappa shape index (κ3) is 3.63. The number of aryl methyl sites for hydroxylation is 1. The molecule has 8 heteroatoms. The Labute approximate surface area is 120 Å². The van der Waals surface area contributed by atoms with Crippen molar-refractivity contribution < 1.29 is 18.0 Å². The number of nitrogen functional groups attached to an aromatic ring is 1. The van der Waals surface area contributed by atoms with Gasteiger partial charge in [-0.25, -0.2) is 10.8 Å². The summed E-state index contributed by atoms with van der Waals surface area (Å²) in [4.78, 5) is 17.6. The van der Waals surface area contributed by atoms with Gasteiger partial charge in [-0.3, -0.25) is 4.79 Å². The highest BCUT2D eigenvalue weighted by molar-refractivity contribution is 5.95. The molecule has 1 aromatic heterocycles. The fourth-order valence-electron chi connectivity index (χ4n) is 2.48. The Morgan fingerprint density at radius 1 is 1.48 bits per heavy atom. The van der Waals surface area contributed by atoms with Crippen LogP contribution in [0.15, 0.2) is 12.1 Å². The lowest BCUT2D eigenvalue weighted by atomic mass is 9.97. The molecule has 0 radical (unpaired) electrons. The van der Waals surface area contributed by atoms with Crippen molar-refractivity contribution in [3.8, 4) is 0 Å². The Morgan fingerprint density at radius 3 is 2.81 bits per heavy atom. The number of amides is 1. The maximum absolute atomic E-state index is 12.8. The lowest BCUT2D eigenvalue weighted by Gasteiger charge is -2.33. The Balaban J connectivity index is 2.18. The summed E-state index contributed by atoms with van der Waals surface area (Å²) in [6, 6.07) is 2.98. The van der Waals surface area contributed by atoms with E-state index < -0.39 is 18.0 Å². The Hall–Kier alpha value is -1.83. The number of nitrogens with one attached hydrogen (secondary N) is 1. The minimum atomic E-state index is -4.27. The minimum Gasteiger partial charge on any atom is -0.338 e. The maximum atomic E-state index is 12.8. The predicted octanol–water partition coefficient (Wildman–Crippen LogP) is 2.09. The molecule has 0 spiro atoms. The number of hydrazine groups is 1. The van der Waals surface area contributed by atoms with Gasteiger partial charge in [-0.1, -0.05) is 0 Å². The van der Waals surface area contributed by atoms with Crippen molar-refractivity contribution in [1.82, 2.24) is 9.88 Å². The van der Waals surface area contributed by atoms with Gasteiger partial charge in [0.05, 0.1) is 5.92 Å². The molecule has 1 atom stereocenters. The van der Waals surface area contributed by atoms with E-state index in [4.69, 9.17) is 5.84 Å². The van der Waals surface area contributed by atoms with Gasteiger partial charge in [0.2, 0.25) is 0 Å². The van der Waals surface area contributed by atoms with E-state index in [0.717, 1.165) is 0 Å². The summed E-state index contributed by atoms with van der Waals surface area (Å²) in [5.74, 6) is 3.69. The first-order chi connectivity index (χ1) is 9.81. The van der Waals surface area contributed by atoms with Crippen molar-refractivity contribution in [3.63, 3.8) is 0 Å². The van der Waals surface area contributed by atoms with E-state index in [1.54, 1.807) is 13.0 Å². The molecule has 1 saturated heterocycles. The van der Waals surface area contributed by atoms with Crippen LogP contribution in [0.25, 0.3) is 0 Å². The third-order valence-electron chi connectivity index (χ3n) is 3.52. The predicted molar refractivity (Wildman–Crippen MR) is 71.5 cm³/mol. The van der Waals surface area contributed by atoms with Gasteiger partial charge >= 0.3 is 6.18 Å². The van der Waals surface area contributed by atoms with Gasteiger partial charge in [-0.2, -0.15) is 13.2 Å². The van der Waals surface area contributed by atoms with Crippen LogP contribution in [0.5, 0.6) is 0 Å². The average Bonchev–Trinajstić information content (AvgIpc) is 2.45. The molecule has 1 aliphatic rings. The zero-order valence-corrected chi connectivity index (χ0v) is 11.6. The number of piperidine rings is 1. The first-order valence-corrected chi connectivity index (χ1v) is 6.62. The molecular formula is C13H17F3N4O. The average molecular weight is 302 g/mol. The lowest BCUT2D eigenvalue weighted by Crippen LogP contribution is -2.44. The molecule has 1 amide bonds. The summed E-state index contributed by atoms with van der Waals surface area (Å²) in [6.45, 7) is 1.72. The van der Waals surface area contributed by atoms with E-state index in [1.807, 2.05) is 0 Å². The second-order valence-electron chi connectivity index (χ2n) is 5.16. The van der Waals surface area contributed by atoms with E-state index in [-0.39, 0.29) is 13.0 Å². The van der Waals surface area contributed by atoms with Crippen molar-refractivity contribution >= 4 is 11.7 Å². The summed E-state index contributed by atoms with van der Waals surface area (Å²) in [6.07, 6.45) is -3.85. The molecule has 2 heterocycles. The number of anilines is 1. The number of hydrogen-bond acceptors (Lipinski definition) is 4. The number of nitrogens with zero attached hydrogens (tertiary/aromatic N) is 2. The molecule has 0 aromatic carbocycles. The molecule has 1 unspecified atom stereocenters. The third-order valence-corrected chi connectivity index (χ3v) is 3.52. The quantitative estimate of drug-likeness (QED) is 0.648. The Kier molecular flexibility index (Phi) is 4.36. The van der Waals surface area contributed by atoms with Gasteiger partial charge in [-0.05, 0) is 31.9 Å². The number of nitrogens with two attached hydrogens (primary N) is 1. The van der Waals surface area contributed by atoms with E-state index in [2.05, 4.69) is 10.4 Å². The van der Waals surface area contributed by atoms with E-state index in [9.17, 15) is 18.0 Å². The fourth-order valence-corrected chi connectivity index (χ4v) is 2.48. The Bertz CT molecular complexity index is 533. The van der Waals surface area contributed by atoms with Crippen molar-refractivity contribution in [2.45, 2.75) is 25.9 Å². The molecule has 0 bridgehead atoms. The summed E-state index contributed by atoms with van der Waals surface area (Å²) in [7, 11) is 0. The molecule has 116 valence electrons. The summed E-state index contributed by atoms with van der Waals surface area (Å²) < 4.78 is 38.4. The fraction of sp³-hybridized carbons (Fsp3) is 0.538. The number of alkyl halides is 3. The minimum absolute atomic E-state index is 0.0677. The molecular weight excluding hydrogens is 285 g/mol. The molecule has 21 heavy (non-hydrogen) atoms. The first kappa shape index (κ1) is 15.6. The summed E-state index contributed by atoms with van der Waals surface area (Å²) >= 11 is 0. The zero-order valence-electron chi connectivity index (χ0n) is 11.6. The second kappa shape index (κ2) is 5.88. The van der Waals surface area contributed by atoms with Crippen LogP contribution in [0.4, 0.5) is 19.0 Å². The second-order valence-corrected chi connectivity index (χ2v) is 5.16. The lowest BCUT2D eigenvalue weighted by molar-refractivity contribution is -0.184. The normalized spacial score (nSPS) is 19.5. The van der Waals surface area contributed by atoms with Crippen LogP contribution in [0.2, 0.25) is 0 Å². The van der Waals surface area contributed by atoms with Gasteiger partial charge in [0, 0.05) is 24.3 Å². The number of carbonyl (C=O) groups is 1. The van der Waals surface area contributed by atoms with Gasteiger partial charge < -0.3 is 10.3 Å². The molecule has 2 rings (SSSR count). The van der Waals surface area contributed by atoms with Crippen molar-refractivity contribution in [2.24, 2.45) is 11.8 Å². The molecule has 0 aliphatic carbocycles. The monoisotopic (exact) mass is 302 g/mol. The molecule has 1 aromatic rings. The topological polar surface area (TPSA) is 71.2 Å². The number of carbonyl (C=O) groups excluding carboxylic acids is 1. The van der Waals surface area contributed by atoms with Gasteiger partial charge in [0.1, 0.15) is 5.82 Å².